The van der Waals surface area contributed by atoms with Crippen molar-refractivity contribution in [1.29, 1.82) is 0 Å². The second kappa shape index (κ2) is 14.5. The molecule has 0 spiro atoms. The summed E-state index contributed by atoms with van der Waals surface area (Å²) < 4.78 is 5.03. The maximum atomic E-state index is 2.39. The van der Waals surface area contributed by atoms with Gasteiger partial charge in [-0.3, -0.25) is 0 Å². The summed E-state index contributed by atoms with van der Waals surface area (Å²) in [6.45, 7) is 0. The zero-order valence-corrected chi connectivity index (χ0v) is 34.1. The summed E-state index contributed by atoms with van der Waals surface area (Å²) in [5.41, 5.74) is 14.1. The first-order valence-electron chi connectivity index (χ1n) is 20.8. The van der Waals surface area contributed by atoms with Crippen LogP contribution >= 0.6 is 11.3 Å². The van der Waals surface area contributed by atoms with Crippen LogP contribution in [0.1, 0.15) is 0 Å². The van der Waals surface area contributed by atoms with Crippen LogP contribution in [0.15, 0.2) is 231 Å². The van der Waals surface area contributed by atoms with Gasteiger partial charge in [0.1, 0.15) is 0 Å². The molecular formula is C58H38N2S. The highest BCUT2D eigenvalue weighted by atomic mass is 32.1. The maximum Gasteiger partial charge on any atom is 0.0541 e. The molecule has 0 radical (unpaired) electrons. The molecule has 0 amide bonds. The molecule has 0 fully saturated rings. The van der Waals surface area contributed by atoms with Gasteiger partial charge in [-0.25, -0.2) is 0 Å². The van der Waals surface area contributed by atoms with Crippen LogP contribution in [0.25, 0.3) is 91.8 Å². The number of fused-ring (bicyclic) bond motifs is 7. The van der Waals surface area contributed by atoms with Crippen LogP contribution in [0.4, 0.5) is 17.1 Å². The molecule has 2 aromatic heterocycles. The van der Waals surface area contributed by atoms with Crippen molar-refractivity contribution in [3.63, 3.8) is 0 Å². The lowest BCUT2D eigenvalue weighted by Crippen LogP contribution is -2.09. The molecule has 0 unspecified atom stereocenters. The molecule has 0 aliphatic heterocycles. The van der Waals surface area contributed by atoms with Gasteiger partial charge in [0.15, 0.2) is 0 Å². The van der Waals surface area contributed by atoms with Crippen LogP contribution < -0.4 is 4.90 Å². The molecule has 286 valence electrons. The summed E-state index contributed by atoms with van der Waals surface area (Å²) in [5, 5.41) is 7.67. The highest BCUT2D eigenvalue weighted by Gasteiger charge is 2.16. The molecule has 12 rings (SSSR count). The molecule has 10 aromatic carbocycles. The van der Waals surface area contributed by atoms with E-state index in [2.05, 4.69) is 240 Å². The Bertz CT molecular complexity index is 3520. The summed E-state index contributed by atoms with van der Waals surface area (Å²) in [6.07, 6.45) is 0. The molecule has 2 nitrogen and oxygen atoms in total. The minimum atomic E-state index is 1.10. The molecule has 0 saturated heterocycles. The Labute approximate surface area is 358 Å². The highest BCUT2D eigenvalue weighted by Crippen LogP contribution is 2.40. The minimum Gasteiger partial charge on any atom is -0.311 e. The summed E-state index contributed by atoms with van der Waals surface area (Å²) >= 11 is 1.86. The van der Waals surface area contributed by atoms with E-state index in [1.807, 2.05) is 11.3 Å². The van der Waals surface area contributed by atoms with Crippen molar-refractivity contribution in [2.24, 2.45) is 0 Å². The third-order valence-corrected chi connectivity index (χ3v) is 13.3. The number of benzene rings is 10. The number of thiophene rings is 1. The Kier molecular flexibility index (Phi) is 8.39. The fourth-order valence-corrected chi connectivity index (χ4v) is 10.2. The van der Waals surface area contributed by atoms with Gasteiger partial charge in [0.2, 0.25) is 0 Å². The van der Waals surface area contributed by atoms with E-state index >= 15 is 0 Å². The van der Waals surface area contributed by atoms with Crippen molar-refractivity contribution >= 4 is 81.1 Å². The quantitative estimate of drug-likeness (QED) is 0.156. The molecule has 0 N–H and O–H groups in total. The molecule has 61 heavy (non-hydrogen) atoms. The van der Waals surface area contributed by atoms with Gasteiger partial charge in [-0.1, -0.05) is 146 Å². The number of aromatic nitrogens is 1. The van der Waals surface area contributed by atoms with Crippen molar-refractivity contribution in [1.82, 2.24) is 4.57 Å². The number of hydrogen-bond acceptors (Lipinski definition) is 2. The lowest BCUT2D eigenvalue weighted by atomic mass is 10.00. The van der Waals surface area contributed by atoms with Crippen LogP contribution in [-0.2, 0) is 0 Å². The normalized spacial score (nSPS) is 11.6. The lowest BCUT2D eigenvalue weighted by molar-refractivity contribution is 1.18. The number of para-hydroxylation sites is 2. The molecule has 0 aliphatic carbocycles. The van der Waals surface area contributed by atoms with Crippen molar-refractivity contribution in [3.05, 3.63) is 231 Å². The summed E-state index contributed by atoms with van der Waals surface area (Å²) in [5.74, 6) is 0. The largest absolute Gasteiger partial charge is 0.311 e. The van der Waals surface area contributed by atoms with E-state index in [0.29, 0.717) is 0 Å². The average Bonchev–Trinajstić information content (AvgIpc) is 3.88. The van der Waals surface area contributed by atoms with E-state index in [-0.39, 0.29) is 0 Å². The average molecular weight is 795 g/mol. The molecule has 0 atom stereocenters. The van der Waals surface area contributed by atoms with Crippen molar-refractivity contribution in [2.75, 3.05) is 4.90 Å². The first-order valence-corrected chi connectivity index (χ1v) is 21.6. The van der Waals surface area contributed by atoms with Crippen LogP contribution in [-0.4, -0.2) is 4.57 Å². The molecule has 12 aromatic rings. The first-order chi connectivity index (χ1) is 30.2. The zero-order chi connectivity index (χ0) is 40.3. The fraction of sp³-hybridized carbons (Fsp3) is 0. The van der Waals surface area contributed by atoms with E-state index < -0.39 is 0 Å². The Morgan fingerprint density at radius 1 is 0.295 bits per heavy atom. The number of anilines is 3. The third kappa shape index (κ3) is 6.18. The topological polar surface area (TPSA) is 8.17 Å². The van der Waals surface area contributed by atoms with Gasteiger partial charge >= 0.3 is 0 Å². The van der Waals surface area contributed by atoms with Gasteiger partial charge in [0.25, 0.3) is 0 Å². The standard InChI is InChI=1S/C58H38N2S/c1-2-11-43-36-45(21-20-39(43)10-1)41-24-31-48(32-25-41)59(49-33-26-42(27-34-49)46-28-35-58-54(38-46)53-16-5-8-19-57(53)61-58)47-29-22-40(23-30-47)44-12-9-13-50(37-44)60-55-17-6-3-14-51(55)52-15-4-7-18-56(52)60/h1-38H. The first kappa shape index (κ1) is 35.2. The SMILES string of the molecule is c1cc(-c2ccc(N(c3ccc(-c4ccc5ccccc5c4)cc3)c3ccc(-c4ccc5sc6ccccc6c5c4)cc3)cc2)cc(-n2c3ccccc3c3ccccc32)c1. The van der Waals surface area contributed by atoms with E-state index in [1.165, 1.54) is 86.1 Å². The van der Waals surface area contributed by atoms with Crippen molar-refractivity contribution in [2.45, 2.75) is 0 Å². The number of nitrogens with zero attached hydrogens (tertiary/aromatic N) is 2. The van der Waals surface area contributed by atoms with Crippen LogP contribution in [0, 0.1) is 0 Å². The van der Waals surface area contributed by atoms with E-state index in [9.17, 15) is 0 Å². The minimum absolute atomic E-state index is 1.10. The van der Waals surface area contributed by atoms with Gasteiger partial charge in [0.05, 0.1) is 11.0 Å². The van der Waals surface area contributed by atoms with Gasteiger partial charge in [-0.2, -0.15) is 0 Å². The van der Waals surface area contributed by atoms with Crippen LogP contribution in [0.3, 0.4) is 0 Å². The van der Waals surface area contributed by atoms with Crippen molar-refractivity contribution < 1.29 is 0 Å². The van der Waals surface area contributed by atoms with Crippen molar-refractivity contribution in [3.8, 4) is 39.1 Å². The summed E-state index contributed by atoms with van der Waals surface area (Å²) in [4.78, 5) is 2.36. The Morgan fingerprint density at radius 3 is 1.41 bits per heavy atom. The predicted molar refractivity (Wildman–Crippen MR) is 262 cm³/mol. The van der Waals surface area contributed by atoms with E-state index in [0.717, 1.165) is 22.7 Å². The second-order valence-electron chi connectivity index (χ2n) is 15.8. The summed E-state index contributed by atoms with van der Waals surface area (Å²) in [6, 6.07) is 84.2. The summed E-state index contributed by atoms with van der Waals surface area (Å²) in [7, 11) is 0. The van der Waals surface area contributed by atoms with E-state index in [1.54, 1.807) is 0 Å². The molecule has 0 saturated carbocycles. The smallest absolute Gasteiger partial charge is 0.0541 e. The third-order valence-electron chi connectivity index (χ3n) is 12.2. The number of hydrogen-bond donors (Lipinski definition) is 0. The monoisotopic (exact) mass is 794 g/mol. The lowest BCUT2D eigenvalue weighted by Gasteiger charge is -2.26. The van der Waals surface area contributed by atoms with Gasteiger partial charge < -0.3 is 9.47 Å². The predicted octanol–water partition coefficient (Wildman–Crippen LogP) is 16.8. The molecular weight excluding hydrogens is 757 g/mol. The van der Waals surface area contributed by atoms with Crippen LogP contribution in [0.2, 0.25) is 0 Å². The molecule has 2 heterocycles. The van der Waals surface area contributed by atoms with Gasteiger partial charge in [0, 0.05) is 53.7 Å². The molecule has 0 aliphatic rings. The molecule has 3 heteroatoms. The highest BCUT2D eigenvalue weighted by molar-refractivity contribution is 7.25. The Hall–Kier alpha value is -7.72. The zero-order valence-electron chi connectivity index (χ0n) is 33.2. The molecule has 0 bridgehead atoms. The van der Waals surface area contributed by atoms with E-state index in [4.69, 9.17) is 0 Å². The fourth-order valence-electron chi connectivity index (χ4n) is 9.16. The van der Waals surface area contributed by atoms with Gasteiger partial charge in [-0.15, -0.1) is 11.3 Å². The second-order valence-corrected chi connectivity index (χ2v) is 16.9. The Morgan fingerprint density at radius 2 is 0.770 bits per heavy atom. The maximum absolute atomic E-state index is 2.39. The Balaban J connectivity index is 0.916. The van der Waals surface area contributed by atoms with Crippen LogP contribution in [0.5, 0.6) is 0 Å². The number of rotatable bonds is 7. The van der Waals surface area contributed by atoms with Gasteiger partial charge in [-0.05, 0) is 129 Å².